The molecule has 94 valence electrons. The van der Waals surface area contributed by atoms with Gasteiger partial charge in [-0.15, -0.1) is 0 Å². The Hall–Kier alpha value is -1.04. The second kappa shape index (κ2) is 5.53. The highest BCUT2D eigenvalue weighted by molar-refractivity contribution is 5.06. The van der Waals surface area contributed by atoms with Gasteiger partial charge in [0.1, 0.15) is 5.82 Å². The van der Waals surface area contributed by atoms with Crippen molar-refractivity contribution in [1.29, 1.82) is 0 Å². The van der Waals surface area contributed by atoms with Gasteiger partial charge in [-0.1, -0.05) is 0 Å². The molecule has 2 rings (SSSR count). The molecule has 2 atom stereocenters. The lowest BCUT2D eigenvalue weighted by molar-refractivity contribution is 0.107. The van der Waals surface area contributed by atoms with Crippen LogP contribution in [0.25, 0.3) is 0 Å². The molecule has 2 heterocycles. The van der Waals surface area contributed by atoms with E-state index < -0.39 is 0 Å². The number of aromatic nitrogens is 2. The number of hydrogen-bond donors (Lipinski definition) is 1. The number of rotatable bonds is 4. The lowest BCUT2D eigenvalue weighted by Gasteiger charge is -2.21. The summed E-state index contributed by atoms with van der Waals surface area (Å²) in [7, 11) is 1.72. The zero-order chi connectivity index (χ0) is 12.3. The first-order chi connectivity index (χ1) is 8.22. The highest BCUT2D eigenvalue weighted by Crippen LogP contribution is 2.21. The van der Waals surface area contributed by atoms with E-state index in [0.29, 0.717) is 0 Å². The van der Waals surface area contributed by atoms with Crippen LogP contribution in [0.5, 0.6) is 0 Å². The fraction of sp³-hybridized carbons (Fsp3) is 0.667. The van der Waals surface area contributed by atoms with Gasteiger partial charge in [0.15, 0.2) is 0 Å². The zero-order valence-electron chi connectivity index (χ0n) is 10.3. The Morgan fingerprint density at radius 3 is 2.76 bits per heavy atom. The number of hydrogen-bond acceptors (Lipinski definition) is 5. The van der Waals surface area contributed by atoms with Gasteiger partial charge in [-0.2, -0.15) is 0 Å². The van der Waals surface area contributed by atoms with E-state index in [4.69, 9.17) is 4.74 Å². The van der Waals surface area contributed by atoms with Gasteiger partial charge in [0.25, 0.3) is 0 Å². The van der Waals surface area contributed by atoms with Gasteiger partial charge in [0.05, 0.1) is 12.7 Å². The van der Waals surface area contributed by atoms with Crippen molar-refractivity contribution in [3.05, 3.63) is 23.8 Å². The van der Waals surface area contributed by atoms with Gasteiger partial charge < -0.3 is 9.84 Å². The van der Waals surface area contributed by atoms with Gasteiger partial charge in [0.2, 0.25) is 0 Å². The van der Waals surface area contributed by atoms with E-state index in [9.17, 15) is 5.11 Å². The third-order valence-corrected chi connectivity index (χ3v) is 3.25. The molecule has 5 heteroatoms. The summed E-state index contributed by atoms with van der Waals surface area (Å²) in [6, 6.07) is 0.182. The summed E-state index contributed by atoms with van der Waals surface area (Å²) in [4.78, 5) is 10.6. The van der Waals surface area contributed by atoms with Crippen molar-refractivity contribution in [2.75, 3.05) is 20.3 Å². The number of aliphatic hydroxyl groups is 1. The van der Waals surface area contributed by atoms with Crippen molar-refractivity contribution >= 4 is 0 Å². The fourth-order valence-electron chi connectivity index (χ4n) is 2.23. The van der Waals surface area contributed by atoms with Crippen molar-refractivity contribution in [3.63, 3.8) is 0 Å². The average molecular weight is 237 g/mol. The van der Waals surface area contributed by atoms with Crippen molar-refractivity contribution in [1.82, 2.24) is 14.9 Å². The Morgan fingerprint density at radius 1 is 1.47 bits per heavy atom. The normalized spacial score (nSPS) is 25.4. The van der Waals surface area contributed by atoms with E-state index in [0.717, 1.165) is 30.9 Å². The molecule has 1 saturated heterocycles. The molecule has 17 heavy (non-hydrogen) atoms. The molecule has 1 aromatic heterocycles. The minimum Gasteiger partial charge on any atom is -0.395 e. The first-order valence-electron chi connectivity index (χ1n) is 5.88. The Kier molecular flexibility index (Phi) is 4.04. The summed E-state index contributed by atoms with van der Waals surface area (Å²) in [5, 5.41) is 9.34. The molecule has 0 radical (unpaired) electrons. The van der Waals surface area contributed by atoms with E-state index >= 15 is 0 Å². The number of aliphatic hydroxyl groups excluding tert-OH is 1. The third-order valence-electron chi connectivity index (χ3n) is 3.25. The van der Waals surface area contributed by atoms with E-state index in [1.165, 1.54) is 0 Å². The average Bonchev–Trinajstić information content (AvgIpc) is 2.74. The minimum absolute atomic E-state index is 0.173. The maximum absolute atomic E-state index is 9.34. The molecule has 0 saturated carbocycles. The van der Waals surface area contributed by atoms with Crippen LogP contribution >= 0.6 is 0 Å². The molecule has 1 aromatic rings. The number of likely N-dealkylation sites (tertiary alicyclic amines) is 1. The predicted molar refractivity (Wildman–Crippen MR) is 63.5 cm³/mol. The van der Waals surface area contributed by atoms with Crippen LogP contribution in [0.3, 0.4) is 0 Å². The molecule has 1 aliphatic rings. The Labute approximate surface area is 101 Å². The van der Waals surface area contributed by atoms with Crippen LogP contribution in [-0.2, 0) is 11.3 Å². The van der Waals surface area contributed by atoms with Gasteiger partial charge in [-0.25, -0.2) is 9.97 Å². The number of ether oxygens (including phenoxy) is 1. The summed E-state index contributed by atoms with van der Waals surface area (Å²) in [5.74, 6) is 0.781. The molecule has 0 aromatic carbocycles. The maximum atomic E-state index is 9.34. The van der Waals surface area contributed by atoms with Crippen LogP contribution in [0.1, 0.15) is 17.8 Å². The molecule has 5 nitrogen and oxygen atoms in total. The number of nitrogens with zero attached hydrogens (tertiary/aromatic N) is 3. The van der Waals surface area contributed by atoms with Crippen molar-refractivity contribution in [2.45, 2.75) is 32.0 Å². The van der Waals surface area contributed by atoms with E-state index in [1.54, 1.807) is 7.11 Å². The molecule has 0 aliphatic carbocycles. The van der Waals surface area contributed by atoms with Crippen LogP contribution in [-0.4, -0.2) is 52.4 Å². The second-order valence-electron chi connectivity index (χ2n) is 4.50. The Morgan fingerprint density at radius 2 is 2.18 bits per heavy atom. The lowest BCUT2D eigenvalue weighted by atomic mass is 10.2. The highest BCUT2D eigenvalue weighted by Gasteiger charge is 2.31. The van der Waals surface area contributed by atoms with Gasteiger partial charge in [-0.05, 0) is 13.3 Å². The largest absolute Gasteiger partial charge is 0.395 e. The summed E-state index contributed by atoms with van der Waals surface area (Å²) < 4.78 is 5.35. The summed E-state index contributed by atoms with van der Waals surface area (Å²) in [6.45, 7) is 3.67. The number of aryl methyl sites for hydroxylation is 1. The van der Waals surface area contributed by atoms with E-state index in [2.05, 4.69) is 14.9 Å². The van der Waals surface area contributed by atoms with Gasteiger partial charge >= 0.3 is 0 Å². The molecule has 1 N–H and O–H groups in total. The second-order valence-corrected chi connectivity index (χ2v) is 4.50. The minimum atomic E-state index is 0.173. The van der Waals surface area contributed by atoms with Crippen molar-refractivity contribution in [3.8, 4) is 0 Å². The van der Waals surface area contributed by atoms with Crippen molar-refractivity contribution in [2.24, 2.45) is 0 Å². The maximum Gasteiger partial charge on any atom is 0.125 e. The monoisotopic (exact) mass is 237 g/mol. The Balaban J connectivity index is 2.00. The standard InChI is InChI=1S/C12H19N3O2/c1-9-13-4-10(5-14-9)6-15-7-12(17-2)3-11(15)8-16/h4-5,11-12,16H,3,6-8H2,1-2H3/t11-,12+/m0/s1. The SMILES string of the molecule is CO[C@@H]1C[C@@H](CO)N(Cc2cnc(C)nc2)C1. The molecule has 0 unspecified atom stereocenters. The lowest BCUT2D eigenvalue weighted by Crippen LogP contribution is -2.32. The van der Waals surface area contributed by atoms with Gasteiger partial charge in [0, 0.05) is 44.2 Å². The van der Waals surface area contributed by atoms with Crippen molar-refractivity contribution < 1.29 is 9.84 Å². The van der Waals surface area contributed by atoms with E-state index in [1.807, 2.05) is 19.3 Å². The molecule has 1 aliphatic heterocycles. The number of methoxy groups -OCH3 is 1. The van der Waals surface area contributed by atoms with Crippen LogP contribution in [0, 0.1) is 6.92 Å². The summed E-state index contributed by atoms with van der Waals surface area (Å²) >= 11 is 0. The Bertz CT molecular complexity index is 355. The predicted octanol–water partition coefficient (Wildman–Crippen LogP) is 0.367. The zero-order valence-corrected chi connectivity index (χ0v) is 10.3. The van der Waals surface area contributed by atoms with Crippen LogP contribution < -0.4 is 0 Å². The van der Waals surface area contributed by atoms with Gasteiger partial charge in [-0.3, -0.25) is 4.90 Å². The fourth-order valence-corrected chi connectivity index (χ4v) is 2.23. The van der Waals surface area contributed by atoms with E-state index in [-0.39, 0.29) is 18.8 Å². The molecule has 1 fully saturated rings. The van der Waals surface area contributed by atoms with Crippen LogP contribution in [0.2, 0.25) is 0 Å². The highest BCUT2D eigenvalue weighted by atomic mass is 16.5. The van der Waals surface area contributed by atoms with Crippen LogP contribution in [0.4, 0.5) is 0 Å². The van der Waals surface area contributed by atoms with Crippen LogP contribution in [0.15, 0.2) is 12.4 Å². The molecular formula is C12H19N3O2. The summed E-state index contributed by atoms with van der Waals surface area (Å²) in [6.07, 6.45) is 4.80. The smallest absolute Gasteiger partial charge is 0.125 e. The third kappa shape index (κ3) is 3.00. The quantitative estimate of drug-likeness (QED) is 0.819. The summed E-state index contributed by atoms with van der Waals surface area (Å²) in [5.41, 5.74) is 1.07. The molecular weight excluding hydrogens is 218 g/mol. The molecule has 0 spiro atoms. The first-order valence-corrected chi connectivity index (χ1v) is 5.88. The molecule has 0 amide bonds. The topological polar surface area (TPSA) is 58.5 Å². The molecule has 0 bridgehead atoms. The first kappa shape index (κ1) is 12.4.